The van der Waals surface area contributed by atoms with Crippen molar-refractivity contribution in [3.8, 4) is 0 Å². The molecule has 0 spiro atoms. The Morgan fingerprint density at radius 1 is 1.18 bits per heavy atom. The normalized spacial score (nSPS) is 30.9. The molecule has 3 heteroatoms. The molecule has 0 radical (unpaired) electrons. The molecule has 0 aromatic carbocycles. The summed E-state index contributed by atoms with van der Waals surface area (Å²) in [5.41, 5.74) is 0.00370. The monoisotopic (exact) mass is 244 g/mol. The van der Waals surface area contributed by atoms with Gasteiger partial charge in [-0.3, -0.25) is 0 Å². The van der Waals surface area contributed by atoms with Crippen LogP contribution in [0.4, 0.5) is 0 Å². The molecule has 1 heterocycles. The van der Waals surface area contributed by atoms with Gasteiger partial charge in [0.25, 0.3) is 0 Å². The zero-order chi connectivity index (χ0) is 13.3. The molecule has 1 fully saturated rings. The van der Waals surface area contributed by atoms with Gasteiger partial charge < -0.3 is 14.6 Å². The lowest BCUT2D eigenvalue weighted by Gasteiger charge is -2.26. The maximum atomic E-state index is 9.37. The number of aliphatic hydroxyl groups excluding tert-OH is 1. The first-order valence-electron chi connectivity index (χ1n) is 6.54. The smallest absolute Gasteiger partial charge is 0.0860 e. The minimum Gasteiger partial charge on any atom is -0.394 e. The minimum absolute atomic E-state index is 0.0680. The summed E-state index contributed by atoms with van der Waals surface area (Å²) in [4.78, 5) is 0. The van der Waals surface area contributed by atoms with Gasteiger partial charge in [0.2, 0.25) is 0 Å². The first-order valence-corrected chi connectivity index (χ1v) is 6.54. The zero-order valence-electron chi connectivity index (χ0n) is 12.1. The number of ether oxygens (including phenoxy) is 2. The molecule has 17 heavy (non-hydrogen) atoms. The van der Waals surface area contributed by atoms with Crippen molar-refractivity contribution >= 4 is 0 Å². The number of aliphatic hydroxyl groups is 1. The fourth-order valence-corrected chi connectivity index (χ4v) is 2.09. The van der Waals surface area contributed by atoms with E-state index in [1.807, 2.05) is 0 Å². The maximum Gasteiger partial charge on any atom is 0.0860 e. The van der Waals surface area contributed by atoms with E-state index < -0.39 is 0 Å². The van der Waals surface area contributed by atoms with Crippen LogP contribution in [0.15, 0.2) is 0 Å². The molecule has 0 saturated carbocycles. The van der Waals surface area contributed by atoms with Gasteiger partial charge in [0.05, 0.1) is 31.0 Å². The summed E-state index contributed by atoms with van der Waals surface area (Å²) in [6.07, 6.45) is 1.12. The summed E-state index contributed by atoms with van der Waals surface area (Å²) in [6, 6.07) is 0. The van der Waals surface area contributed by atoms with Crippen molar-refractivity contribution in [2.24, 2.45) is 11.3 Å². The Morgan fingerprint density at radius 2 is 1.76 bits per heavy atom. The second-order valence-corrected chi connectivity index (χ2v) is 7.13. The van der Waals surface area contributed by atoms with E-state index in [4.69, 9.17) is 9.47 Å². The Morgan fingerprint density at radius 3 is 2.18 bits per heavy atom. The fourth-order valence-electron chi connectivity index (χ4n) is 2.09. The summed E-state index contributed by atoms with van der Waals surface area (Å²) in [5.74, 6) is 0.309. The molecule has 1 saturated heterocycles. The molecule has 0 aliphatic carbocycles. The van der Waals surface area contributed by atoms with Crippen LogP contribution in [0, 0.1) is 11.3 Å². The highest BCUT2D eigenvalue weighted by atomic mass is 16.5. The Labute approximate surface area is 105 Å². The van der Waals surface area contributed by atoms with Crippen molar-refractivity contribution in [1.82, 2.24) is 0 Å². The van der Waals surface area contributed by atoms with Crippen LogP contribution in [0.25, 0.3) is 0 Å². The predicted molar refractivity (Wildman–Crippen MR) is 69.0 cm³/mol. The fraction of sp³-hybridized carbons (Fsp3) is 1.00. The molecule has 0 unspecified atom stereocenters. The molecular weight excluding hydrogens is 216 g/mol. The summed E-state index contributed by atoms with van der Waals surface area (Å²) in [6.45, 7) is 13.5. The van der Waals surface area contributed by atoms with Crippen molar-refractivity contribution in [3.05, 3.63) is 0 Å². The minimum atomic E-state index is -0.125. The molecule has 0 bridgehead atoms. The first-order chi connectivity index (χ1) is 7.63. The highest BCUT2D eigenvalue weighted by Crippen LogP contribution is 2.37. The molecule has 1 N–H and O–H groups in total. The lowest BCUT2D eigenvalue weighted by Crippen LogP contribution is -2.29. The molecule has 1 aliphatic heterocycles. The van der Waals surface area contributed by atoms with E-state index in [1.165, 1.54) is 0 Å². The highest BCUT2D eigenvalue weighted by Gasteiger charge is 2.40. The van der Waals surface area contributed by atoms with E-state index >= 15 is 0 Å². The molecule has 0 amide bonds. The Bertz CT molecular complexity index is 237. The standard InChI is InChI=1S/C14H28O3/c1-13(2,3)12-7-10(11(8-15)17-12)9-16-14(4,5)6/h10-12,15H,7-9H2,1-6H3/t10-,11-,12-/m1/s1. The van der Waals surface area contributed by atoms with Crippen LogP contribution >= 0.6 is 0 Å². The van der Waals surface area contributed by atoms with E-state index in [2.05, 4.69) is 41.5 Å². The molecule has 102 valence electrons. The van der Waals surface area contributed by atoms with Gasteiger partial charge in [-0.25, -0.2) is 0 Å². The van der Waals surface area contributed by atoms with Crippen molar-refractivity contribution < 1.29 is 14.6 Å². The SMILES string of the molecule is CC(C)(C)OC[C@H]1C[C@H](C(C)(C)C)O[C@@H]1CO. The number of hydrogen-bond donors (Lipinski definition) is 1. The van der Waals surface area contributed by atoms with Crippen LogP contribution in [0.3, 0.4) is 0 Å². The number of hydrogen-bond acceptors (Lipinski definition) is 3. The van der Waals surface area contributed by atoms with Crippen LogP contribution in [0.2, 0.25) is 0 Å². The van der Waals surface area contributed by atoms with E-state index in [1.54, 1.807) is 0 Å². The Kier molecular flexibility index (Phi) is 4.61. The quantitative estimate of drug-likeness (QED) is 0.829. The van der Waals surface area contributed by atoms with Gasteiger partial charge in [0.1, 0.15) is 0 Å². The van der Waals surface area contributed by atoms with Crippen molar-refractivity contribution in [1.29, 1.82) is 0 Å². The molecule has 3 nitrogen and oxygen atoms in total. The van der Waals surface area contributed by atoms with E-state index in [0.29, 0.717) is 12.5 Å². The van der Waals surface area contributed by atoms with Gasteiger partial charge >= 0.3 is 0 Å². The van der Waals surface area contributed by atoms with Gasteiger partial charge in [0, 0.05) is 5.92 Å². The van der Waals surface area contributed by atoms with Gasteiger partial charge in [-0.1, -0.05) is 20.8 Å². The van der Waals surface area contributed by atoms with E-state index in [0.717, 1.165) is 6.42 Å². The Balaban J connectivity index is 2.54. The van der Waals surface area contributed by atoms with Gasteiger partial charge in [-0.15, -0.1) is 0 Å². The summed E-state index contributed by atoms with van der Waals surface area (Å²) in [5, 5.41) is 9.37. The second-order valence-electron chi connectivity index (χ2n) is 7.13. The van der Waals surface area contributed by atoms with Crippen LogP contribution in [-0.2, 0) is 9.47 Å². The molecule has 0 aromatic rings. The van der Waals surface area contributed by atoms with Gasteiger partial charge in [0.15, 0.2) is 0 Å². The van der Waals surface area contributed by atoms with Crippen molar-refractivity contribution in [2.45, 2.75) is 65.8 Å². The topological polar surface area (TPSA) is 38.7 Å². The Hall–Kier alpha value is -0.120. The van der Waals surface area contributed by atoms with E-state index in [-0.39, 0.29) is 29.8 Å². The van der Waals surface area contributed by atoms with Crippen LogP contribution in [0.1, 0.15) is 48.0 Å². The third kappa shape index (κ3) is 4.57. The van der Waals surface area contributed by atoms with Crippen LogP contribution in [0.5, 0.6) is 0 Å². The maximum absolute atomic E-state index is 9.37. The zero-order valence-corrected chi connectivity index (χ0v) is 12.1. The lowest BCUT2D eigenvalue weighted by atomic mass is 9.85. The third-order valence-corrected chi connectivity index (χ3v) is 3.26. The van der Waals surface area contributed by atoms with Gasteiger partial charge in [-0.2, -0.15) is 0 Å². The van der Waals surface area contributed by atoms with E-state index in [9.17, 15) is 5.11 Å². The first kappa shape index (κ1) is 14.9. The molecule has 0 aromatic heterocycles. The molecule has 1 aliphatic rings. The van der Waals surface area contributed by atoms with Crippen molar-refractivity contribution in [2.75, 3.05) is 13.2 Å². The molecule has 1 rings (SSSR count). The molecular formula is C14H28O3. The summed E-state index contributed by atoms with van der Waals surface area (Å²) in [7, 11) is 0. The second kappa shape index (κ2) is 5.25. The summed E-state index contributed by atoms with van der Waals surface area (Å²) >= 11 is 0. The largest absolute Gasteiger partial charge is 0.394 e. The average Bonchev–Trinajstić information content (AvgIpc) is 2.55. The molecule has 3 atom stereocenters. The summed E-state index contributed by atoms with van der Waals surface area (Å²) < 4.78 is 11.7. The van der Waals surface area contributed by atoms with Crippen molar-refractivity contribution in [3.63, 3.8) is 0 Å². The van der Waals surface area contributed by atoms with Crippen LogP contribution in [-0.4, -0.2) is 36.1 Å². The lowest BCUT2D eigenvalue weighted by molar-refractivity contribution is -0.0642. The predicted octanol–water partition coefficient (Wildman–Crippen LogP) is 2.61. The average molecular weight is 244 g/mol. The third-order valence-electron chi connectivity index (χ3n) is 3.26. The van der Waals surface area contributed by atoms with Gasteiger partial charge in [-0.05, 0) is 32.6 Å². The highest BCUT2D eigenvalue weighted by molar-refractivity contribution is 4.88. The number of rotatable bonds is 3. The van der Waals surface area contributed by atoms with Crippen LogP contribution < -0.4 is 0 Å².